The van der Waals surface area contributed by atoms with Gasteiger partial charge in [0.05, 0.1) is 21.7 Å². The molecule has 2 aromatic rings. The van der Waals surface area contributed by atoms with Crippen LogP contribution in [0, 0.1) is 6.92 Å². The zero-order valence-corrected chi connectivity index (χ0v) is 20.3. The fraction of sp³-hybridized carbons (Fsp3) is 0.280. The highest BCUT2D eigenvalue weighted by molar-refractivity contribution is 6.46. The van der Waals surface area contributed by atoms with Crippen LogP contribution >= 0.6 is 23.2 Å². The molecular formula is C25H26Cl2N2O4. The predicted octanol–water partition coefficient (Wildman–Crippen LogP) is 4.85. The summed E-state index contributed by atoms with van der Waals surface area (Å²) in [5.41, 5.74) is 1.78. The maximum atomic E-state index is 13.1. The molecule has 1 fully saturated rings. The number of aryl methyl sites for hydroxylation is 1. The van der Waals surface area contributed by atoms with E-state index in [2.05, 4.69) is 6.58 Å². The third kappa shape index (κ3) is 5.24. The minimum absolute atomic E-state index is 0.0105. The predicted molar refractivity (Wildman–Crippen MR) is 131 cm³/mol. The number of likely N-dealkylation sites (tertiary alicyclic amines) is 1. The second-order valence-electron chi connectivity index (χ2n) is 8.05. The lowest BCUT2D eigenvalue weighted by atomic mass is 9.94. The summed E-state index contributed by atoms with van der Waals surface area (Å²) in [5.74, 6) is -1.03. The first-order valence-corrected chi connectivity index (χ1v) is 11.1. The van der Waals surface area contributed by atoms with Crippen LogP contribution in [0.3, 0.4) is 0 Å². The van der Waals surface area contributed by atoms with Crippen molar-refractivity contribution in [1.29, 1.82) is 0 Å². The highest BCUT2D eigenvalue weighted by Crippen LogP contribution is 2.41. The van der Waals surface area contributed by atoms with Crippen LogP contribution in [0.25, 0.3) is 5.76 Å². The molecular weight excluding hydrogens is 463 g/mol. The van der Waals surface area contributed by atoms with Crippen LogP contribution in [0.15, 0.2) is 54.6 Å². The number of hydrogen-bond acceptors (Lipinski definition) is 5. The first-order chi connectivity index (χ1) is 15.6. The fourth-order valence-electron chi connectivity index (χ4n) is 3.71. The van der Waals surface area contributed by atoms with E-state index in [1.165, 1.54) is 4.90 Å². The number of carbonyl (C=O) groups is 2. The molecule has 1 amide bonds. The molecule has 1 aliphatic heterocycles. The van der Waals surface area contributed by atoms with Gasteiger partial charge in [0.1, 0.15) is 18.1 Å². The van der Waals surface area contributed by atoms with Gasteiger partial charge >= 0.3 is 0 Å². The van der Waals surface area contributed by atoms with E-state index in [0.29, 0.717) is 46.6 Å². The number of aliphatic hydroxyl groups excluding tert-OH is 1. The number of halogens is 2. The lowest BCUT2D eigenvalue weighted by Gasteiger charge is -2.26. The van der Waals surface area contributed by atoms with Crippen molar-refractivity contribution in [3.05, 3.63) is 81.4 Å². The Bertz CT molecular complexity index is 1130. The number of amides is 1. The number of ketones is 1. The fourth-order valence-corrected chi connectivity index (χ4v) is 4.02. The largest absolute Gasteiger partial charge is 0.507 e. The van der Waals surface area contributed by atoms with Gasteiger partial charge < -0.3 is 19.6 Å². The number of rotatable bonds is 8. The zero-order valence-electron chi connectivity index (χ0n) is 18.8. The van der Waals surface area contributed by atoms with Crippen LogP contribution in [0.1, 0.15) is 22.7 Å². The topological polar surface area (TPSA) is 70.1 Å². The van der Waals surface area contributed by atoms with Gasteiger partial charge in [0, 0.05) is 18.7 Å². The van der Waals surface area contributed by atoms with Gasteiger partial charge in [-0.15, -0.1) is 0 Å². The molecule has 0 saturated carbocycles. The minimum Gasteiger partial charge on any atom is -0.507 e. The van der Waals surface area contributed by atoms with Crippen molar-refractivity contribution < 1.29 is 19.4 Å². The van der Waals surface area contributed by atoms with E-state index >= 15 is 0 Å². The van der Waals surface area contributed by atoms with Gasteiger partial charge in [-0.3, -0.25) is 9.59 Å². The molecule has 1 N–H and O–H groups in total. The maximum absolute atomic E-state index is 13.1. The number of hydrogen-bond donors (Lipinski definition) is 1. The van der Waals surface area contributed by atoms with E-state index in [0.717, 1.165) is 5.56 Å². The lowest BCUT2D eigenvalue weighted by Crippen LogP contribution is -2.35. The maximum Gasteiger partial charge on any atom is 0.295 e. The van der Waals surface area contributed by atoms with Crippen molar-refractivity contribution in [1.82, 2.24) is 9.80 Å². The van der Waals surface area contributed by atoms with Crippen molar-refractivity contribution in [3.63, 3.8) is 0 Å². The van der Waals surface area contributed by atoms with E-state index in [-0.39, 0.29) is 11.3 Å². The molecule has 8 heteroatoms. The number of aliphatic hydroxyl groups is 1. The first-order valence-electron chi connectivity index (χ1n) is 10.4. The van der Waals surface area contributed by atoms with Crippen LogP contribution in [-0.4, -0.2) is 60.4 Å². The average molecular weight is 489 g/mol. The minimum atomic E-state index is -0.795. The third-order valence-corrected chi connectivity index (χ3v) is 6.13. The van der Waals surface area contributed by atoms with Crippen LogP contribution in [-0.2, 0) is 9.59 Å². The number of likely N-dealkylation sites (N-methyl/N-ethyl adjacent to an activating group) is 1. The smallest absolute Gasteiger partial charge is 0.295 e. The zero-order chi connectivity index (χ0) is 24.3. The van der Waals surface area contributed by atoms with Gasteiger partial charge in [-0.05, 0) is 62.5 Å². The molecule has 6 nitrogen and oxygen atoms in total. The van der Waals surface area contributed by atoms with Gasteiger partial charge in [0.25, 0.3) is 11.7 Å². The summed E-state index contributed by atoms with van der Waals surface area (Å²) >= 11 is 12.3. The normalized spacial score (nSPS) is 17.6. The SMILES string of the molecule is C=CCOc1ccc(/C(O)=C2\C(=O)C(=O)N(CCN(C)C)C2c2ccc(Cl)c(Cl)c2)cc1C. The molecule has 0 bridgehead atoms. The van der Waals surface area contributed by atoms with Crippen molar-refractivity contribution >= 4 is 40.7 Å². The van der Waals surface area contributed by atoms with E-state index in [1.807, 2.05) is 25.9 Å². The molecule has 3 rings (SSSR count). The Labute approximate surface area is 203 Å². The number of carbonyl (C=O) groups excluding carboxylic acids is 2. The van der Waals surface area contributed by atoms with Gasteiger partial charge in [-0.2, -0.15) is 0 Å². The Morgan fingerprint density at radius 3 is 2.52 bits per heavy atom. The van der Waals surface area contributed by atoms with Crippen LogP contribution in [0.4, 0.5) is 0 Å². The molecule has 174 valence electrons. The Morgan fingerprint density at radius 1 is 1.18 bits per heavy atom. The molecule has 2 aromatic carbocycles. The first kappa shape index (κ1) is 24.8. The summed E-state index contributed by atoms with van der Waals surface area (Å²) in [5, 5.41) is 11.9. The second-order valence-corrected chi connectivity index (χ2v) is 8.86. The van der Waals surface area contributed by atoms with Gasteiger partial charge in [-0.25, -0.2) is 0 Å². The molecule has 0 aliphatic carbocycles. The summed E-state index contributed by atoms with van der Waals surface area (Å²) in [6.45, 7) is 6.65. The van der Waals surface area contributed by atoms with Crippen molar-refractivity contribution in [2.24, 2.45) is 0 Å². The molecule has 33 heavy (non-hydrogen) atoms. The highest BCUT2D eigenvalue weighted by Gasteiger charge is 2.46. The van der Waals surface area contributed by atoms with Gasteiger partial charge in [0.15, 0.2) is 0 Å². The summed E-state index contributed by atoms with van der Waals surface area (Å²) in [4.78, 5) is 29.4. The standard InChI is InChI=1S/C25H26Cl2N2O4/c1-5-12-33-20-9-7-17(13-15(20)2)23(30)21-22(16-6-8-18(26)19(27)14-16)29(11-10-28(3)4)25(32)24(21)31/h5-9,13-14,22,30H,1,10-12H2,2-4H3/b23-21+. The Balaban J connectivity index is 2.13. The monoisotopic (exact) mass is 488 g/mol. The van der Waals surface area contributed by atoms with E-state index in [9.17, 15) is 14.7 Å². The van der Waals surface area contributed by atoms with E-state index < -0.39 is 17.7 Å². The molecule has 1 unspecified atom stereocenters. The summed E-state index contributed by atoms with van der Waals surface area (Å²) in [7, 11) is 3.76. The lowest BCUT2D eigenvalue weighted by molar-refractivity contribution is -0.140. The van der Waals surface area contributed by atoms with Gasteiger partial charge in [0.2, 0.25) is 0 Å². The van der Waals surface area contributed by atoms with Crippen LogP contribution < -0.4 is 4.74 Å². The Morgan fingerprint density at radius 2 is 1.91 bits per heavy atom. The molecule has 0 radical (unpaired) electrons. The van der Waals surface area contributed by atoms with E-state index in [4.69, 9.17) is 27.9 Å². The third-order valence-electron chi connectivity index (χ3n) is 5.39. The molecule has 1 heterocycles. The van der Waals surface area contributed by atoms with Crippen LogP contribution in [0.2, 0.25) is 10.0 Å². The van der Waals surface area contributed by atoms with Crippen molar-refractivity contribution in [2.75, 3.05) is 33.8 Å². The van der Waals surface area contributed by atoms with Gasteiger partial charge in [-0.1, -0.05) is 41.9 Å². The highest BCUT2D eigenvalue weighted by atomic mass is 35.5. The summed E-state index contributed by atoms with van der Waals surface area (Å²) in [6, 6.07) is 9.22. The second kappa shape index (κ2) is 10.4. The number of nitrogens with zero attached hydrogens (tertiary/aromatic N) is 2. The summed E-state index contributed by atoms with van der Waals surface area (Å²) < 4.78 is 5.59. The van der Waals surface area contributed by atoms with Crippen molar-refractivity contribution in [3.8, 4) is 5.75 Å². The molecule has 0 aromatic heterocycles. The number of Topliss-reactive ketones (excluding diaryl/α,β-unsaturated/α-hetero) is 1. The molecule has 0 spiro atoms. The molecule has 1 aliphatic rings. The number of benzene rings is 2. The van der Waals surface area contributed by atoms with Crippen LogP contribution in [0.5, 0.6) is 5.75 Å². The molecule has 1 atom stereocenters. The Kier molecular flexibility index (Phi) is 7.84. The quantitative estimate of drug-likeness (QED) is 0.249. The number of ether oxygens (including phenoxy) is 1. The summed E-state index contributed by atoms with van der Waals surface area (Å²) in [6.07, 6.45) is 1.64. The van der Waals surface area contributed by atoms with Crippen molar-refractivity contribution in [2.45, 2.75) is 13.0 Å². The Hall–Kier alpha value is -2.80. The molecule has 1 saturated heterocycles. The average Bonchev–Trinajstić information content (AvgIpc) is 3.03. The van der Waals surface area contributed by atoms with E-state index in [1.54, 1.807) is 42.5 Å².